The number of benzene rings is 2. The van der Waals surface area contributed by atoms with Crippen molar-refractivity contribution >= 4 is 23.4 Å². The Labute approximate surface area is 154 Å². The highest BCUT2D eigenvalue weighted by atomic mass is 16.5. The predicted molar refractivity (Wildman–Crippen MR) is 102 cm³/mol. The average molecular weight is 352 g/mol. The third-order valence-electron chi connectivity index (χ3n) is 4.42. The minimum Gasteiger partial charge on any atom is -0.444 e. The van der Waals surface area contributed by atoms with Crippen LogP contribution in [-0.2, 0) is 22.6 Å². The van der Waals surface area contributed by atoms with E-state index in [0.29, 0.717) is 5.69 Å². The second-order valence-corrected chi connectivity index (χ2v) is 6.78. The van der Waals surface area contributed by atoms with Crippen LogP contribution >= 0.6 is 0 Å². The van der Waals surface area contributed by atoms with E-state index >= 15 is 0 Å². The smallest absolute Gasteiger partial charge is 0.411 e. The van der Waals surface area contributed by atoms with Gasteiger partial charge in [-0.15, -0.1) is 0 Å². The van der Waals surface area contributed by atoms with Crippen LogP contribution in [0.1, 0.15) is 31.4 Å². The molecule has 5 heteroatoms. The summed E-state index contributed by atoms with van der Waals surface area (Å²) < 4.78 is 5.25. The summed E-state index contributed by atoms with van der Waals surface area (Å²) in [6, 6.07) is 15.2. The van der Waals surface area contributed by atoms with Crippen LogP contribution in [0.3, 0.4) is 0 Å². The molecule has 1 aliphatic rings. The second-order valence-electron chi connectivity index (χ2n) is 6.78. The molecule has 0 spiro atoms. The first-order valence-electron chi connectivity index (χ1n) is 8.96. The number of hydrogen-bond donors (Lipinski definition) is 1. The molecule has 1 heterocycles. The molecule has 0 saturated heterocycles. The Morgan fingerprint density at radius 1 is 1.15 bits per heavy atom. The number of nitrogens with zero attached hydrogens (tertiary/aromatic N) is 1. The maximum Gasteiger partial charge on any atom is 0.411 e. The summed E-state index contributed by atoms with van der Waals surface area (Å²) in [5.74, 6) is 0.0978. The minimum atomic E-state index is -0.486. The van der Waals surface area contributed by atoms with Crippen LogP contribution in [0.5, 0.6) is 0 Å². The molecule has 0 saturated carbocycles. The van der Waals surface area contributed by atoms with Crippen molar-refractivity contribution in [3.8, 4) is 0 Å². The van der Waals surface area contributed by atoms with E-state index in [1.165, 1.54) is 0 Å². The van der Waals surface area contributed by atoms with Gasteiger partial charge in [0.1, 0.15) is 6.61 Å². The lowest BCUT2D eigenvalue weighted by molar-refractivity contribution is -0.121. The Morgan fingerprint density at radius 2 is 1.92 bits per heavy atom. The molecular formula is C21H24N2O3. The maximum absolute atomic E-state index is 12.4. The van der Waals surface area contributed by atoms with Crippen LogP contribution < -0.4 is 10.2 Å². The summed E-state index contributed by atoms with van der Waals surface area (Å²) in [5, 5.41) is 2.76. The van der Waals surface area contributed by atoms with E-state index in [4.69, 9.17) is 4.74 Å². The summed E-state index contributed by atoms with van der Waals surface area (Å²) in [4.78, 5) is 26.2. The summed E-state index contributed by atoms with van der Waals surface area (Å²) in [7, 11) is 0. The minimum absolute atomic E-state index is 0.0354. The van der Waals surface area contributed by atoms with Gasteiger partial charge in [0.2, 0.25) is 5.91 Å². The molecule has 2 aromatic rings. The van der Waals surface area contributed by atoms with Crippen molar-refractivity contribution in [1.29, 1.82) is 0 Å². The molecule has 0 aliphatic carbocycles. The highest BCUT2D eigenvalue weighted by Crippen LogP contribution is 2.30. The van der Waals surface area contributed by atoms with Crippen LogP contribution in [0.15, 0.2) is 48.5 Å². The van der Waals surface area contributed by atoms with E-state index in [2.05, 4.69) is 5.32 Å². The Morgan fingerprint density at radius 3 is 2.65 bits per heavy atom. The molecule has 5 nitrogen and oxygen atoms in total. The SMILES string of the molecule is CC(C)C(=O)N1CCCc2cc(NC(=O)OCc3ccccc3)ccc21. The number of amides is 2. The van der Waals surface area contributed by atoms with Gasteiger partial charge in [-0.1, -0.05) is 44.2 Å². The van der Waals surface area contributed by atoms with Crippen LogP contribution in [0, 0.1) is 5.92 Å². The first-order valence-corrected chi connectivity index (χ1v) is 8.96. The van der Waals surface area contributed by atoms with Gasteiger partial charge in [-0.05, 0) is 42.2 Å². The van der Waals surface area contributed by atoms with E-state index in [1.807, 2.05) is 67.3 Å². The average Bonchev–Trinajstić information content (AvgIpc) is 2.66. The van der Waals surface area contributed by atoms with Crippen molar-refractivity contribution in [2.24, 2.45) is 5.92 Å². The van der Waals surface area contributed by atoms with Crippen LogP contribution in [0.2, 0.25) is 0 Å². The van der Waals surface area contributed by atoms with E-state index < -0.39 is 6.09 Å². The number of nitrogens with one attached hydrogen (secondary N) is 1. The Hall–Kier alpha value is -2.82. The molecule has 0 unspecified atom stereocenters. The number of fused-ring (bicyclic) bond motifs is 1. The van der Waals surface area contributed by atoms with Crippen LogP contribution in [-0.4, -0.2) is 18.5 Å². The van der Waals surface area contributed by atoms with Gasteiger partial charge in [-0.25, -0.2) is 4.79 Å². The number of ether oxygens (including phenoxy) is 1. The van der Waals surface area contributed by atoms with Crippen LogP contribution in [0.25, 0.3) is 0 Å². The molecule has 0 atom stereocenters. The van der Waals surface area contributed by atoms with Crippen molar-refractivity contribution in [2.45, 2.75) is 33.3 Å². The van der Waals surface area contributed by atoms with E-state index in [9.17, 15) is 9.59 Å². The standard InChI is InChI=1S/C21H24N2O3/c1-15(2)20(24)23-12-6-9-17-13-18(10-11-19(17)23)22-21(25)26-14-16-7-4-3-5-8-16/h3-5,7-8,10-11,13,15H,6,9,12,14H2,1-2H3,(H,22,25). The van der Waals surface area contributed by atoms with Crippen molar-refractivity contribution < 1.29 is 14.3 Å². The number of aryl methyl sites for hydroxylation is 1. The van der Waals surface area contributed by atoms with Crippen molar-refractivity contribution in [2.75, 3.05) is 16.8 Å². The summed E-state index contributed by atoms with van der Waals surface area (Å²) >= 11 is 0. The molecule has 0 aromatic heterocycles. The number of anilines is 2. The molecule has 1 aliphatic heterocycles. The zero-order valence-corrected chi connectivity index (χ0v) is 15.2. The third kappa shape index (κ3) is 4.23. The fourth-order valence-corrected chi connectivity index (χ4v) is 3.09. The number of hydrogen-bond acceptors (Lipinski definition) is 3. The van der Waals surface area contributed by atoms with E-state index in [1.54, 1.807) is 0 Å². The summed E-state index contributed by atoms with van der Waals surface area (Å²) in [6.45, 7) is 4.80. The molecule has 0 fully saturated rings. The van der Waals surface area contributed by atoms with Gasteiger partial charge in [0.25, 0.3) is 0 Å². The highest BCUT2D eigenvalue weighted by Gasteiger charge is 2.24. The largest absolute Gasteiger partial charge is 0.444 e. The normalized spacial score (nSPS) is 13.3. The summed E-state index contributed by atoms with van der Waals surface area (Å²) in [5.41, 5.74) is 3.64. The molecule has 2 amide bonds. The number of carbonyl (C=O) groups is 2. The summed E-state index contributed by atoms with van der Waals surface area (Å²) in [6.07, 6.45) is 1.33. The lowest BCUT2D eigenvalue weighted by Crippen LogP contribution is -2.38. The molecule has 3 rings (SSSR count). The van der Waals surface area contributed by atoms with Crippen molar-refractivity contribution in [3.05, 3.63) is 59.7 Å². The molecule has 26 heavy (non-hydrogen) atoms. The second kappa shape index (κ2) is 8.04. The topological polar surface area (TPSA) is 58.6 Å². The van der Waals surface area contributed by atoms with Gasteiger partial charge in [-0.2, -0.15) is 0 Å². The molecule has 136 valence electrons. The fourth-order valence-electron chi connectivity index (χ4n) is 3.09. The van der Waals surface area contributed by atoms with Gasteiger partial charge in [0, 0.05) is 23.8 Å². The Kier molecular flexibility index (Phi) is 5.56. The first-order chi connectivity index (χ1) is 12.5. The van der Waals surface area contributed by atoms with E-state index in [0.717, 1.165) is 36.2 Å². The Bertz CT molecular complexity index is 787. The van der Waals surface area contributed by atoms with E-state index in [-0.39, 0.29) is 18.4 Å². The molecular weight excluding hydrogens is 328 g/mol. The zero-order chi connectivity index (χ0) is 18.5. The predicted octanol–water partition coefficient (Wildman–Crippen LogP) is 4.37. The third-order valence-corrected chi connectivity index (χ3v) is 4.42. The number of carbonyl (C=O) groups excluding carboxylic acids is 2. The fraction of sp³-hybridized carbons (Fsp3) is 0.333. The zero-order valence-electron chi connectivity index (χ0n) is 15.2. The molecule has 0 radical (unpaired) electrons. The van der Waals surface area contributed by atoms with Crippen molar-refractivity contribution in [1.82, 2.24) is 0 Å². The monoisotopic (exact) mass is 352 g/mol. The van der Waals surface area contributed by atoms with Crippen LogP contribution in [0.4, 0.5) is 16.2 Å². The van der Waals surface area contributed by atoms with Gasteiger partial charge in [0.15, 0.2) is 0 Å². The van der Waals surface area contributed by atoms with Gasteiger partial charge < -0.3 is 9.64 Å². The van der Waals surface area contributed by atoms with Gasteiger partial charge in [0.05, 0.1) is 0 Å². The Balaban J connectivity index is 1.65. The first kappa shape index (κ1) is 18.0. The van der Waals surface area contributed by atoms with Gasteiger partial charge in [-0.3, -0.25) is 10.1 Å². The quantitative estimate of drug-likeness (QED) is 0.889. The number of rotatable bonds is 4. The van der Waals surface area contributed by atoms with Crippen molar-refractivity contribution in [3.63, 3.8) is 0 Å². The molecule has 1 N–H and O–H groups in total. The molecule has 0 bridgehead atoms. The van der Waals surface area contributed by atoms with Gasteiger partial charge >= 0.3 is 6.09 Å². The lowest BCUT2D eigenvalue weighted by Gasteiger charge is -2.31. The molecule has 2 aromatic carbocycles. The lowest BCUT2D eigenvalue weighted by atomic mass is 9.99. The maximum atomic E-state index is 12.4. The highest BCUT2D eigenvalue weighted by molar-refractivity contribution is 5.96.